The molecule has 0 spiro atoms. The van der Waals surface area contributed by atoms with Crippen LogP contribution in [0.2, 0.25) is 0 Å². The van der Waals surface area contributed by atoms with Gasteiger partial charge in [-0.3, -0.25) is 16.0 Å². The van der Waals surface area contributed by atoms with E-state index in [1.165, 1.54) is 5.56 Å². The topological polar surface area (TPSA) is 122 Å². The molecule has 0 aliphatic carbocycles. The first-order valence-corrected chi connectivity index (χ1v) is 11.3. The molecule has 0 amide bonds. The van der Waals surface area contributed by atoms with Crippen molar-refractivity contribution in [1.29, 1.82) is 0 Å². The Morgan fingerprint density at radius 2 is 1.37 bits per heavy atom. The zero-order valence-electron chi connectivity index (χ0n) is 18.4. The van der Waals surface area contributed by atoms with Gasteiger partial charge in [0.2, 0.25) is 0 Å². The van der Waals surface area contributed by atoms with Gasteiger partial charge >= 0.3 is 0 Å². The Bertz CT molecular complexity index is 591. The van der Waals surface area contributed by atoms with Gasteiger partial charge < -0.3 is 32.3 Å². The second-order valence-electron chi connectivity index (χ2n) is 8.38. The van der Waals surface area contributed by atoms with Crippen LogP contribution >= 0.6 is 0 Å². The maximum absolute atomic E-state index is 6.61. The molecule has 170 valence electrons. The van der Waals surface area contributed by atoms with Crippen LogP contribution in [-0.4, -0.2) is 83.3 Å². The lowest BCUT2D eigenvalue weighted by molar-refractivity contribution is 0.215. The molecule has 9 heteroatoms. The van der Waals surface area contributed by atoms with E-state index in [4.69, 9.17) is 5.73 Å². The van der Waals surface area contributed by atoms with Gasteiger partial charge in [0.1, 0.15) is 0 Å². The van der Waals surface area contributed by atoms with Crippen LogP contribution in [0.4, 0.5) is 5.69 Å². The molecule has 2 aliphatic heterocycles. The third-order valence-corrected chi connectivity index (χ3v) is 5.72. The summed E-state index contributed by atoms with van der Waals surface area (Å²) in [6.07, 6.45) is 0. The molecule has 0 radical (unpaired) electrons. The molecule has 0 atom stereocenters. The molecule has 10 N–H and O–H groups in total. The molecule has 0 unspecified atom stereocenters. The van der Waals surface area contributed by atoms with Crippen molar-refractivity contribution in [2.24, 2.45) is 5.73 Å². The number of rotatable bonds is 5. The lowest BCUT2D eigenvalue weighted by Crippen LogP contribution is -2.71. The van der Waals surface area contributed by atoms with Crippen molar-refractivity contribution in [1.82, 2.24) is 37.2 Å². The fourth-order valence-electron chi connectivity index (χ4n) is 3.97. The summed E-state index contributed by atoms with van der Waals surface area (Å²) in [6.45, 7) is 12.2. The monoisotopic (exact) mass is 419 g/mol. The molecule has 3 rings (SSSR count). The number of anilines is 1. The lowest BCUT2D eigenvalue weighted by atomic mass is 10.1. The van der Waals surface area contributed by atoms with Gasteiger partial charge in [0.05, 0.1) is 11.3 Å². The van der Waals surface area contributed by atoms with Gasteiger partial charge in [-0.2, -0.15) is 0 Å². The van der Waals surface area contributed by atoms with Gasteiger partial charge in [0.15, 0.2) is 0 Å². The Morgan fingerprint density at radius 1 is 0.800 bits per heavy atom. The molecule has 0 aromatic heterocycles. The maximum Gasteiger partial charge on any atom is 0.0946 e. The predicted molar refractivity (Wildman–Crippen MR) is 125 cm³/mol. The van der Waals surface area contributed by atoms with Crippen molar-refractivity contribution >= 4 is 5.69 Å². The number of hydrogen-bond donors (Lipinski definition) is 9. The second-order valence-corrected chi connectivity index (χ2v) is 8.38. The zero-order valence-corrected chi connectivity index (χ0v) is 18.4. The Balaban J connectivity index is 1.68. The fraction of sp³-hybridized carbons (Fsp3) is 0.714. The summed E-state index contributed by atoms with van der Waals surface area (Å²) in [5, 5.41) is 28.7. The molecule has 1 aromatic carbocycles. The molecule has 1 aromatic rings. The van der Waals surface area contributed by atoms with E-state index in [1.807, 2.05) is 0 Å². The molecule has 2 saturated heterocycles. The molecule has 2 bridgehead atoms. The third kappa shape index (κ3) is 7.44. The van der Waals surface area contributed by atoms with Crippen molar-refractivity contribution in [2.75, 3.05) is 77.3 Å². The molecule has 2 fully saturated rings. The average molecular weight is 420 g/mol. The Hall–Kier alpha value is -1.30. The van der Waals surface area contributed by atoms with Crippen molar-refractivity contribution < 1.29 is 0 Å². The van der Waals surface area contributed by atoms with Crippen molar-refractivity contribution in [3.8, 4) is 0 Å². The summed E-state index contributed by atoms with van der Waals surface area (Å²) >= 11 is 0. The van der Waals surface area contributed by atoms with E-state index in [-0.39, 0.29) is 5.66 Å². The SMILES string of the molecule is CCNc1ccc(CNC23CNCCNCC(N)(CNCCNC2)NCCN3)cc1. The Morgan fingerprint density at radius 3 is 1.97 bits per heavy atom. The van der Waals surface area contributed by atoms with E-state index >= 15 is 0 Å². The van der Waals surface area contributed by atoms with Crippen molar-refractivity contribution in [3.05, 3.63) is 29.8 Å². The quantitative estimate of drug-likeness (QED) is 0.270. The Kier molecular flexibility index (Phi) is 9.28. The summed E-state index contributed by atoms with van der Waals surface area (Å²) in [5.41, 5.74) is 8.33. The summed E-state index contributed by atoms with van der Waals surface area (Å²) in [7, 11) is 0. The molecular weight excluding hydrogens is 378 g/mol. The zero-order chi connectivity index (χ0) is 21.1. The highest BCUT2D eigenvalue weighted by atomic mass is 15.3. The molecule has 2 heterocycles. The smallest absolute Gasteiger partial charge is 0.0946 e. The van der Waals surface area contributed by atoms with E-state index in [1.54, 1.807) is 0 Å². The van der Waals surface area contributed by atoms with Crippen LogP contribution in [0.5, 0.6) is 0 Å². The number of benzene rings is 1. The molecule has 9 nitrogen and oxygen atoms in total. The lowest BCUT2D eigenvalue weighted by Gasteiger charge is -2.39. The van der Waals surface area contributed by atoms with E-state index in [0.717, 1.165) is 84.2 Å². The molecule has 2 aliphatic rings. The highest BCUT2D eigenvalue weighted by molar-refractivity contribution is 5.44. The minimum Gasteiger partial charge on any atom is -0.385 e. The molecule has 30 heavy (non-hydrogen) atoms. The number of fused-ring (bicyclic) bond motifs is 5. The van der Waals surface area contributed by atoms with E-state index in [2.05, 4.69) is 73.7 Å². The minimum absolute atomic E-state index is 0.252. The number of hydrogen-bond acceptors (Lipinski definition) is 9. The van der Waals surface area contributed by atoms with E-state index in [0.29, 0.717) is 0 Å². The van der Waals surface area contributed by atoms with Crippen LogP contribution in [0.15, 0.2) is 24.3 Å². The first kappa shape index (κ1) is 23.4. The number of nitrogens with one attached hydrogen (secondary N) is 8. The Labute approximate surface area is 181 Å². The van der Waals surface area contributed by atoms with Crippen LogP contribution < -0.4 is 48.3 Å². The van der Waals surface area contributed by atoms with Crippen LogP contribution in [0.25, 0.3) is 0 Å². The third-order valence-electron chi connectivity index (χ3n) is 5.72. The van der Waals surface area contributed by atoms with Crippen LogP contribution in [-0.2, 0) is 6.54 Å². The van der Waals surface area contributed by atoms with E-state index in [9.17, 15) is 0 Å². The summed E-state index contributed by atoms with van der Waals surface area (Å²) in [6, 6.07) is 8.66. The van der Waals surface area contributed by atoms with Crippen molar-refractivity contribution in [3.63, 3.8) is 0 Å². The van der Waals surface area contributed by atoms with Gasteiger partial charge in [-0.05, 0) is 24.6 Å². The highest BCUT2D eigenvalue weighted by Gasteiger charge is 2.30. The number of nitrogens with two attached hydrogens (primary N) is 1. The second kappa shape index (κ2) is 11.9. The van der Waals surface area contributed by atoms with Crippen LogP contribution in [0.1, 0.15) is 12.5 Å². The van der Waals surface area contributed by atoms with Crippen molar-refractivity contribution in [2.45, 2.75) is 24.8 Å². The largest absolute Gasteiger partial charge is 0.385 e. The molecule has 0 saturated carbocycles. The fourth-order valence-corrected chi connectivity index (χ4v) is 3.97. The first-order chi connectivity index (χ1) is 14.6. The maximum atomic E-state index is 6.61. The minimum atomic E-state index is -0.454. The van der Waals surface area contributed by atoms with Gasteiger partial charge in [0.25, 0.3) is 0 Å². The highest BCUT2D eigenvalue weighted by Crippen LogP contribution is 2.10. The van der Waals surface area contributed by atoms with E-state index < -0.39 is 5.66 Å². The van der Waals surface area contributed by atoms with Gasteiger partial charge in [-0.25, -0.2) is 0 Å². The van der Waals surface area contributed by atoms with Crippen LogP contribution in [0.3, 0.4) is 0 Å². The van der Waals surface area contributed by atoms with Gasteiger partial charge in [-0.1, -0.05) is 12.1 Å². The average Bonchev–Trinajstić information content (AvgIpc) is 2.74. The first-order valence-electron chi connectivity index (χ1n) is 11.3. The van der Waals surface area contributed by atoms with Crippen LogP contribution in [0, 0.1) is 0 Å². The predicted octanol–water partition coefficient (Wildman–Crippen LogP) is -1.88. The normalized spacial score (nSPS) is 29.5. The van der Waals surface area contributed by atoms with Gasteiger partial charge in [0, 0.05) is 84.2 Å². The standard InChI is InChI=1S/C21H41N9/c1-2-27-19-5-3-18(4-6-19)13-30-21-16-25-9-7-23-14-20(22,28-11-12-29-21)15-24-8-10-26-17-21/h3-6,23-30H,2,7-17,22H2,1H3. The summed E-state index contributed by atoms with van der Waals surface area (Å²) in [4.78, 5) is 0. The summed E-state index contributed by atoms with van der Waals surface area (Å²) in [5.74, 6) is 0. The summed E-state index contributed by atoms with van der Waals surface area (Å²) < 4.78 is 0. The van der Waals surface area contributed by atoms with Gasteiger partial charge in [-0.15, -0.1) is 0 Å². The molecular formula is C21H41N9.